The predicted octanol–water partition coefficient (Wildman–Crippen LogP) is 1.51. The number of benzene rings is 1. The van der Waals surface area contributed by atoms with Gasteiger partial charge in [0.1, 0.15) is 0 Å². The van der Waals surface area contributed by atoms with Crippen LogP contribution in [0.4, 0.5) is 0 Å². The Hall–Kier alpha value is -2.55. The van der Waals surface area contributed by atoms with E-state index in [1.54, 1.807) is 23.9 Å². The van der Waals surface area contributed by atoms with Gasteiger partial charge in [-0.25, -0.2) is 0 Å². The molecule has 0 radical (unpaired) electrons. The highest BCUT2D eigenvalue weighted by molar-refractivity contribution is 5.93. The van der Waals surface area contributed by atoms with Gasteiger partial charge < -0.3 is 14.7 Å². The molecule has 1 aromatic rings. The summed E-state index contributed by atoms with van der Waals surface area (Å²) in [7, 11) is 3.48. The molecule has 3 rings (SSSR count). The van der Waals surface area contributed by atoms with Crippen LogP contribution >= 0.6 is 0 Å². The summed E-state index contributed by atoms with van der Waals surface area (Å²) in [5, 5.41) is 8.89. The van der Waals surface area contributed by atoms with Crippen LogP contribution in [0.1, 0.15) is 34.7 Å². The highest BCUT2D eigenvalue weighted by Crippen LogP contribution is 2.29. The molecule has 2 heterocycles. The Morgan fingerprint density at radius 3 is 2.44 bits per heavy atom. The maximum Gasteiger partial charge on any atom is 0.253 e. The Balaban J connectivity index is 1.48. The summed E-state index contributed by atoms with van der Waals surface area (Å²) >= 11 is 0. The molecule has 2 amide bonds. The maximum absolute atomic E-state index is 12.3. The normalized spacial score (nSPS) is 20.1. The lowest BCUT2D eigenvalue weighted by Gasteiger charge is -2.40. The first-order chi connectivity index (χ1) is 12.0. The molecule has 2 aliphatic rings. The largest absolute Gasteiger partial charge is 0.345 e. The minimum absolute atomic E-state index is 0.0000554. The number of nitriles is 1. The molecule has 1 atom stereocenters. The van der Waals surface area contributed by atoms with Crippen LogP contribution in [-0.2, 0) is 4.79 Å². The van der Waals surface area contributed by atoms with Crippen molar-refractivity contribution in [2.24, 2.45) is 5.92 Å². The second-order valence-corrected chi connectivity index (χ2v) is 7.22. The lowest BCUT2D eigenvalue weighted by atomic mass is 9.90. The van der Waals surface area contributed by atoms with E-state index in [-0.39, 0.29) is 11.8 Å². The van der Waals surface area contributed by atoms with Gasteiger partial charge in [0.25, 0.3) is 5.91 Å². The quantitative estimate of drug-likeness (QED) is 0.779. The molecule has 6 heteroatoms. The fourth-order valence-corrected chi connectivity index (χ4v) is 3.52. The molecule has 0 aromatic heterocycles. The summed E-state index contributed by atoms with van der Waals surface area (Å²) in [6, 6.07) is 7.70. The van der Waals surface area contributed by atoms with Gasteiger partial charge in [-0.05, 0) is 30.0 Å². The van der Waals surface area contributed by atoms with Crippen LogP contribution in [0.3, 0.4) is 0 Å². The second kappa shape index (κ2) is 7.14. The Morgan fingerprint density at radius 1 is 1.20 bits per heavy atom. The first-order valence-corrected chi connectivity index (χ1v) is 8.72. The van der Waals surface area contributed by atoms with Gasteiger partial charge in [-0.1, -0.05) is 12.1 Å². The third-order valence-electron chi connectivity index (χ3n) is 5.16. The van der Waals surface area contributed by atoms with Gasteiger partial charge in [0.15, 0.2) is 6.19 Å². The Morgan fingerprint density at radius 2 is 1.88 bits per heavy atom. The number of carbonyl (C=O) groups is 2. The highest BCUT2D eigenvalue weighted by Gasteiger charge is 2.33. The monoisotopic (exact) mass is 340 g/mol. The van der Waals surface area contributed by atoms with Gasteiger partial charge in [-0.15, -0.1) is 0 Å². The van der Waals surface area contributed by atoms with Crippen molar-refractivity contribution < 1.29 is 9.59 Å². The summed E-state index contributed by atoms with van der Waals surface area (Å²) in [5.74, 6) is 0.856. The van der Waals surface area contributed by atoms with Crippen molar-refractivity contribution >= 4 is 11.8 Å². The van der Waals surface area contributed by atoms with Crippen molar-refractivity contribution in [3.05, 3.63) is 35.4 Å². The lowest BCUT2D eigenvalue weighted by Crippen LogP contribution is -2.49. The van der Waals surface area contributed by atoms with E-state index < -0.39 is 0 Å². The molecule has 6 nitrogen and oxygen atoms in total. The zero-order chi connectivity index (χ0) is 18.0. The van der Waals surface area contributed by atoms with Gasteiger partial charge in [0.2, 0.25) is 5.91 Å². The molecule has 2 saturated heterocycles. The summed E-state index contributed by atoms with van der Waals surface area (Å²) in [6.07, 6.45) is 3.62. The first-order valence-electron chi connectivity index (χ1n) is 8.72. The number of amides is 2. The van der Waals surface area contributed by atoms with Crippen LogP contribution in [0.15, 0.2) is 24.3 Å². The van der Waals surface area contributed by atoms with E-state index in [2.05, 4.69) is 6.19 Å². The van der Waals surface area contributed by atoms with Crippen molar-refractivity contribution in [2.75, 3.05) is 40.3 Å². The van der Waals surface area contributed by atoms with Gasteiger partial charge in [0, 0.05) is 58.2 Å². The Bertz CT molecular complexity index is 686. The summed E-state index contributed by atoms with van der Waals surface area (Å²) in [5.41, 5.74) is 1.86. The smallest absolute Gasteiger partial charge is 0.253 e. The van der Waals surface area contributed by atoms with E-state index in [1.165, 1.54) is 5.56 Å². The van der Waals surface area contributed by atoms with Gasteiger partial charge in [-0.2, -0.15) is 5.26 Å². The zero-order valence-electron chi connectivity index (χ0n) is 14.8. The third kappa shape index (κ3) is 3.76. The van der Waals surface area contributed by atoms with Crippen LogP contribution in [-0.4, -0.2) is 66.8 Å². The van der Waals surface area contributed by atoms with Crippen molar-refractivity contribution in [2.45, 2.75) is 18.8 Å². The van der Waals surface area contributed by atoms with E-state index in [4.69, 9.17) is 5.26 Å². The molecule has 132 valence electrons. The number of nitrogens with zero attached hydrogens (tertiary/aromatic N) is 4. The number of likely N-dealkylation sites (tertiary alicyclic amines) is 2. The summed E-state index contributed by atoms with van der Waals surface area (Å²) < 4.78 is 0. The number of rotatable bonds is 4. The third-order valence-corrected chi connectivity index (χ3v) is 5.16. The van der Waals surface area contributed by atoms with E-state index in [1.807, 2.05) is 29.2 Å². The highest BCUT2D eigenvalue weighted by atomic mass is 16.2. The number of hydrogen-bond donors (Lipinski definition) is 0. The predicted molar refractivity (Wildman–Crippen MR) is 93.7 cm³/mol. The topological polar surface area (TPSA) is 67.7 Å². The molecule has 2 aliphatic heterocycles. The molecule has 0 saturated carbocycles. The number of hydrogen-bond acceptors (Lipinski definition) is 4. The molecule has 0 unspecified atom stereocenters. The van der Waals surface area contributed by atoms with E-state index >= 15 is 0 Å². The van der Waals surface area contributed by atoms with Crippen LogP contribution in [0.25, 0.3) is 0 Å². The fraction of sp³-hybridized carbons (Fsp3) is 0.526. The minimum atomic E-state index is -0.0000554. The summed E-state index contributed by atoms with van der Waals surface area (Å²) in [4.78, 5) is 29.5. The molecule has 0 spiro atoms. The van der Waals surface area contributed by atoms with Gasteiger partial charge in [-0.3, -0.25) is 9.59 Å². The van der Waals surface area contributed by atoms with E-state index in [0.717, 1.165) is 26.1 Å². The average Bonchev–Trinajstić information content (AvgIpc) is 3.01. The lowest BCUT2D eigenvalue weighted by molar-refractivity contribution is -0.136. The van der Waals surface area contributed by atoms with Crippen molar-refractivity contribution in [1.29, 1.82) is 5.26 Å². The van der Waals surface area contributed by atoms with Crippen LogP contribution in [0.2, 0.25) is 0 Å². The van der Waals surface area contributed by atoms with Crippen molar-refractivity contribution in [3.63, 3.8) is 0 Å². The standard InChI is InChI=1S/C19H24N4O2/c1-21(2)19(25)16-5-3-15(4-6-16)17-11-23(12-17)18(24)9-14-7-8-22(10-14)13-20/h3-6,14,17H,7-12H2,1-2H3/t14-/m1/s1. The molecular formula is C19H24N4O2. The van der Waals surface area contributed by atoms with Crippen LogP contribution < -0.4 is 0 Å². The second-order valence-electron chi connectivity index (χ2n) is 7.22. The summed E-state index contributed by atoms with van der Waals surface area (Å²) in [6.45, 7) is 2.97. The molecule has 2 fully saturated rings. The molecule has 0 bridgehead atoms. The Kier molecular flexibility index (Phi) is 4.93. The van der Waals surface area contributed by atoms with Crippen molar-refractivity contribution in [3.8, 4) is 6.19 Å². The van der Waals surface area contributed by atoms with Gasteiger partial charge in [0.05, 0.1) is 0 Å². The van der Waals surface area contributed by atoms with Gasteiger partial charge >= 0.3 is 0 Å². The zero-order valence-corrected chi connectivity index (χ0v) is 14.8. The average molecular weight is 340 g/mol. The molecule has 0 aliphatic carbocycles. The Labute approximate surface area is 148 Å². The van der Waals surface area contributed by atoms with Crippen molar-refractivity contribution in [1.82, 2.24) is 14.7 Å². The van der Waals surface area contributed by atoms with Crippen LogP contribution in [0, 0.1) is 17.4 Å². The SMILES string of the molecule is CN(C)C(=O)c1ccc(C2CN(C(=O)C[C@H]3CCN(C#N)C3)C2)cc1. The minimum Gasteiger partial charge on any atom is -0.345 e. The van der Waals surface area contributed by atoms with E-state index in [9.17, 15) is 9.59 Å². The molecular weight excluding hydrogens is 316 g/mol. The molecule has 0 N–H and O–H groups in total. The number of carbonyl (C=O) groups excluding carboxylic acids is 2. The van der Waals surface area contributed by atoms with E-state index in [0.29, 0.717) is 30.4 Å². The maximum atomic E-state index is 12.3. The molecule has 1 aromatic carbocycles. The molecule has 25 heavy (non-hydrogen) atoms. The first kappa shape index (κ1) is 17.3. The van der Waals surface area contributed by atoms with Crippen LogP contribution in [0.5, 0.6) is 0 Å². The fourth-order valence-electron chi connectivity index (χ4n) is 3.52.